The zero-order chi connectivity index (χ0) is 73.0. The minimum Gasteiger partial charge on any atom is -0.481 e. The Balaban J connectivity index is 1.80. The van der Waals surface area contributed by atoms with Crippen molar-refractivity contribution in [3.8, 4) is 0 Å². The van der Waals surface area contributed by atoms with E-state index in [0.29, 0.717) is 19.4 Å². The predicted octanol–water partition coefficient (Wildman–Crippen LogP) is -2.39. The van der Waals surface area contributed by atoms with Crippen molar-refractivity contribution in [2.45, 2.75) is 146 Å². The molecule has 1 fully saturated rings. The number of amides is 8. The molecule has 0 spiro atoms. The van der Waals surface area contributed by atoms with E-state index in [4.69, 9.17) is 72.5 Å². The second kappa shape index (κ2) is 67.5. The molecule has 0 aromatic carbocycles. The van der Waals surface area contributed by atoms with E-state index in [-0.39, 0.29) is 283 Å². The van der Waals surface area contributed by atoms with E-state index in [0.717, 1.165) is 77.0 Å². The van der Waals surface area contributed by atoms with Crippen molar-refractivity contribution in [1.82, 2.24) is 48.0 Å². The fourth-order valence-electron chi connectivity index (χ4n) is 8.88. The van der Waals surface area contributed by atoms with Gasteiger partial charge in [0.05, 0.1) is 125 Å². The summed E-state index contributed by atoms with van der Waals surface area (Å²) in [6.45, 7) is 4.50. The summed E-state index contributed by atoms with van der Waals surface area (Å²) in [5.74, 6) is 0.871. The highest BCUT2D eigenvalue weighted by Gasteiger charge is 2.43. The molecule has 36 heteroatoms. The van der Waals surface area contributed by atoms with Crippen LogP contribution in [0.4, 0.5) is 0 Å². The Morgan fingerprint density at radius 2 is 0.600 bits per heavy atom. The van der Waals surface area contributed by atoms with Crippen LogP contribution >= 0.6 is 0 Å². The van der Waals surface area contributed by atoms with Crippen molar-refractivity contribution in [2.24, 2.45) is 5.84 Å². The molecule has 1 aliphatic rings. The van der Waals surface area contributed by atoms with Gasteiger partial charge in [0, 0.05) is 65.1 Å². The lowest BCUT2D eigenvalue weighted by molar-refractivity contribution is -0.142. The standard InChI is InChI=1S/C64H118N10O26/c65-74-51(62-64(87)100-62)15-13-14-20-66-55(77)45-94-39-34-89-28-22-68-57(79)47-96-41-36-91-30-24-70-59(81)49-98-43-38-93-32-26-72-60(82)50-99-44-37-92-31-25-71-58(80)48-97-42-35-90-29-23-69-56(78)46-95-40-33-88-27-21-67-53(75)19-18-52(63(85)86)73-54(76)16-11-9-7-5-3-1-2-4-6-8-10-12-17-61(83)84/h51-52,62,64,74,87H,1-50,65H2,(H,66,77)(H,67,75)(H,68,79)(H,69,78)(H,70,81)(H,71,80)(H,72,82)(H,73,76)(H,83,84)(H,85,86)/t51-,52-,62?,64?/m0/s1. The molecule has 580 valence electrons. The lowest BCUT2D eigenvalue weighted by Crippen LogP contribution is -2.41. The molecule has 0 aromatic rings. The SMILES string of the molecule is NN[C@@H](CCCCNC(=O)COCCOCCNC(=O)COCCOCCNC(=O)COCCOCCNC(=O)COCCOCCNC(=O)COCCOCCNC(=O)COCCOCCNC(=O)CC[C@H](NC(=O)CCCCCCCCCCCCCCC(=O)O)C(=O)O)C1OC1O. The molecule has 100 heavy (non-hydrogen) atoms. The van der Waals surface area contributed by atoms with Gasteiger partial charge in [-0.15, -0.1) is 0 Å². The molecular weight excluding hydrogens is 1320 g/mol. The van der Waals surface area contributed by atoms with Crippen LogP contribution in [-0.4, -0.2) is 303 Å². The van der Waals surface area contributed by atoms with Crippen LogP contribution in [0.25, 0.3) is 0 Å². The number of aliphatic hydroxyl groups is 1. The van der Waals surface area contributed by atoms with Crippen LogP contribution in [0.1, 0.15) is 122 Å². The van der Waals surface area contributed by atoms with E-state index >= 15 is 0 Å². The van der Waals surface area contributed by atoms with Gasteiger partial charge in [0.2, 0.25) is 47.3 Å². The summed E-state index contributed by atoms with van der Waals surface area (Å²) in [5, 5.41) is 48.7. The minimum atomic E-state index is -1.20. The van der Waals surface area contributed by atoms with Crippen LogP contribution in [0.15, 0.2) is 0 Å². The molecule has 1 aliphatic heterocycles. The summed E-state index contributed by atoms with van der Waals surface area (Å²) in [6.07, 6.45) is 13.7. The topological polar surface area (TPSA) is 489 Å². The van der Waals surface area contributed by atoms with Gasteiger partial charge in [0.1, 0.15) is 51.8 Å². The first-order valence-corrected chi connectivity index (χ1v) is 34.9. The lowest BCUT2D eigenvalue weighted by atomic mass is 10.0. The molecule has 1 saturated heterocycles. The number of hydrogen-bond donors (Lipinski definition) is 13. The highest BCUT2D eigenvalue weighted by atomic mass is 16.7. The number of hydrogen-bond acceptors (Lipinski definition) is 26. The van der Waals surface area contributed by atoms with Crippen LogP contribution in [-0.2, 0) is 110 Å². The third-order valence-corrected chi connectivity index (χ3v) is 14.3. The third-order valence-electron chi connectivity index (χ3n) is 14.3. The molecule has 1 heterocycles. The average Bonchev–Trinajstić information content (AvgIpc) is 1.69. The lowest BCUT2D eigenvalue weighted by Gasteiger charge is -2.14. The highest BCUT2D eigenvalue weighted by Crippen LogP contribution is 2.25. The fraction of sp³-hybridized carbons (Fsp3) is 0.844. The number of hydrazine groups is 1. The van der Waals surface area contributed by atoms with E-state index < -0.39 is 24.3 Å². The number of ether oxygens (including phenoxy) is 13. The van der Waals surface area contributed by atoms with Gasteiger partial charge < -0.3 is 119 Å². The number of nitrogens with two attached hydrogens (primary N) is 1. The number of carboxylic acid groups (broad SMARTS) is 2. The number of nitrogens with one attached hydrogen (secondary N) is 9. The predicted molar refractivity (Wildman–Crippen MR) is 358 cm³/mol. The Hall–Kier alpha value is -5.94. The molecule has 14 N–H and O–H groups in total. The van der Waals surface area contributed by atoms with E-state index in [2.05, 4.69) is 48.0 Å². The Morgan fingerprint density at radius 1 is 0.320 bits per heavy atom. The smallest absolute Gasteiger partial charge is 0.326 e. The monoisotopic (exact) mass is 1440 g/mol. The first-order chi connectivity index (χ1) is 48.6. The number of aliphatic hydroxyl groups excluding tert-OH is 1. The van der Waals surface area contributed by atoms with Crippen LogP contribution in [0.2, 0.25) is 0 Å². The normalized spacial score (nSPS) is 13.8. The van der Waals surface area contributed by atoms with E-state index in [9.17, 15) is 58.2 Å². The Morgan fingerprint density at radius 3 is 0.890 bits per heavy atom. The number of unbranched alkanes of at least 4 members (excludes halogenated alkanes) is 12. The number of rotatable bonds is 75. The molecule has 36 nitrogen and oxygen atoms in total. The minimum absolute atomic E-state index is 0.0517. The van der Waals surface area contributed by atoms with Gasteiger partial charge >= 0.3 is 11.9 Å². The Bertz CT molecular complexity index is 2150. The Kier molecular flexibility index (Phi) is 62.2. The van der Waals surface area contributed by atoms with Crippen LogP contribution < -0.4 is 53.8 Å². The number of carbonyl (C=O) groups is 10. The van der Waals surface area contributed by atoms with E-state index in [1.807, 2.05) is 0 Å². The van der Waals surface area contributed by atoms with Gasteiger partial charge in [-0.1, -0.05) is 64.2 Å². The maximum Gasteiger partial charge on any atom is 0.326 e. The average molecular weight is 1440 g/mol. The molecule has 2 unspecified atom stereocenters. The second-order valence-corrected chi connectivity index (χ2v) is 22.8. The number of carbonyl (C=O) groups excluding carboxylic acids is 8. The van der Waals surface area contributed by atoms with E-state index in [1.165, 1.54) is 6.42 Å². The van der Waals surface area contributed by atoms with Gasteiger partial charge in [-0.2, -0.15) is 0 Å². The zero-order valence-corrected chi connectivity index (χ0v) is 58.5. The molecule has 8 amide bonds. The summed E-state index contributed by atoms with van der Waals surface area (Å²) in [5.41, 5.74) is 2.63. The van der Waals surface area contributed by atoms with Gasteiger partial charge in [0.25, 0.3) is 0 Å². The van der Waals surface area contributed by atoms with Crippen molar-refractivity contribution in [2.75, 3.05) is 204 Å². The van der Waals surface area contributed by atoms with Crippen molar-refractivity contribution in [1.29, 1.82) is 0 Å². The fourth-order valence-corrected chi connectivity index (χ4v) is 8.88. The summed E-state index contributed by atoms with van der Waals surface area (Å²) >= 11 is 0. The highest BCUT2D eigenvalue weighted by molar-refractivity contribution is 5.84. The van der Waals surface area contributed by atoms with Crippen molar-refractivity contribution in [3.63, 3.8) is 0 Å². The van der Waals surface area contributed by atoms with Gasteiger partial charge in [-0.25, -0.2) is 4.79 Å². The molecule has 1 rings (SSSR count). The zero-order valence-electron chi connectivity index (χ0n) is 58.5. The molecule has 0 bridgehead atoms. The second-order valence-electron chi connectivity index (χ2n) is 22.8. The van der Waals surface area contributed by atoms with Crippen molar-refractivity contribution in [3.05, 3.63) is 0 Å². The molecule has 0 radical (unpaired) electrons. The van der Waals surface area contributed by atoms with Crippen molar-refractivity contribution < 1.29 is 125 Å². The summed E-state index contributed by atoms with van der Waals surface area (Å²) in [4.78, 5) is 119. The van der Waals surface area contributed by atoms with Gasteiger partial charge in [0.15, 0.2) is 6.29 Å². The Labute approximate surface area is 586 Å². The molecular formula is C64H118N10O26. The first-order valence-electron chi connectivity index (χ1n) is 34.9. The maximum absolute atomic E-state index is 12.4. The molecule has 0 saturated carbocycles. The number of aliphatic carboxylic acids is 2. The molecule has 4 atom stereocenters. The van der Waals surface area contributed by atoms with Gasteiger partial charge in [-0.05, 0) is 38.5 Å². The van der Waals surface area contributed by atoms with Gasteiger partial charge in [-0.3, -0.25) is 54.4 Å². The largest absolute Gasteiger partial charge is 0.481 e. The number of carboxylic acids is 2. The molecule has 0 aromatic heterocycles. The number of epoxide rings is 1. The summed E-state index contributed by atoms with van der Waals surface area (Å²) in [6, 6.07) is -1.29. The van der Waals surface area contributed by atoms with Crippen LogP contribution in [0.5, 0.6) is 0 Å². The van der Waals surface area contributed by atoms with Crippen LogP contribution in [0.3, 0.4) is 0 Å². The summed E-state index contributed by atoms with van der Waals surface area (Å²) in [7, 11) is 0. The first kappa shape index (κ1) is 92.1. The maximum atomic E-state index is 12.4. The summed E-state index contributed by atoms with van der Waals surface area (Å²) < 4.78 is 69.2. The van der Waals surface area contributed by atoms with E-state index in [1.54, 1.807) is 0 Å². The quantitative estimate of drug-likeness (QED) is 0.0131. The molecule has 0 aliphatic carbocycles. The third kappa shape index (κ3) is 63.0. The van der Waals surface area contributed by atoms with Crippen molar-refractivity contribution >= 4 is 59.2 Å². The van der Waals surface area contributed by atoms with Crippen LogP contribution in [0, 0.1) is 0 Å².